The Bertz CT molecular complexity index is 503. The minimum atomic E-state index is -1.65. The minimum Gasteiger partial charge on any atom is -0.480 e. The molecule has 4 nitrogen and oxygen atoms in total. The summed E-state index contributed by atoms with van der Waals surface area (Å²) < 4.78 is 5.62. The van der Waals surface area contributed by atoms with E-state index in [1.54, 1.807) is 25.1 Å². The normalized spacial score (nSPS) is 13.7. The molecule has 0 saturated carbocycles. The summed E-state index contributed by atoms with van der Waals surface area (Å²) in [5.74, 6) is -1.99. The molecule has 0 aliphatic heterocycles. The van der Waals surface area contributed by atoms with Gasteiger partial charge >= 0.3 is 11.9 Å². The van der Waals surface area contributed by atoms with Gasteiger partial charge in [0.1, 0.15) is 0 Å². The lowest BCUT2D eigenvalue weighted by Gasteiger charge is -2.23. The first-order chi connectivity index (χ1) is 8.81. The molecule has 0 radical (unpaired) electrons. The van der Waals surface area contributed by atoms with Crippen LogP contribution in [0.15, 0.2) is 22.7 Å². The predicted octanol–water partition coefficient (Wildman–Crippen LogP) is 3.30. The van der Waals surface area contributed by atoms with Crippen LogP contribution >= 0.6 is 27.5 Å². The van der Waals surface area contributed by atoms with Crippen molar-refractivity contribution in [3.05, 3.63) is 33.3 Å². The molecule has 0 heterocycles. The number of rotatable bonds is 5. The first kappa shape index (κ1) is 16.0. The molecule has 0 fully saturated rings. The van der Waals surface area contributed by atoms with Gasteiger partial charge in [-0.25, -0.2) is 0 Å². The van der Waals surface area contributed by atoms with Crippen molar-refractivity contribution in [3.8, 4) is 0 Å². The quantitative estimate of drug-likeness (QED) is 0.654. The predicted molar refractivity (Wildman–Crippen MR) is 75.2 cm³/mol. The van der Waals surface area contributed by atoms with Gasteiger partial charge in [-0.1, -0.05) is 33.6 Å². The number of carbonyl (C=O) groups excluding carboxylic acids is 1. The van der Waals surface area contributed by atoms with E-state index in [4.69, 9.17) is 16.3 Å². The number of carboxylic acids is 1. The third kappa shape index (κ3) is 3.70. The van der Waals surface area contributed by atoms with Gasteiger partial charge in [-0.15, -0.1) is 0 Å². The number of esters is 1. The lowest BCUT2D eigenvalue weighted by molar-refractivity contribution is -0.167. The van der Waals surface area contributed by atoms with Crippen molar-refractivity contribution < 1.29 is 19.4 Å². The van der Waals surface area contributed by atoms with E-state index >= 15 is 0 Å². The fourth-order valence-corrected chi connectivity index (χ4v) is 2.31. The molecule has 1 unspecified atom stereocenters. The van der Waals surface area contributed by atoms with Crippen LogP contribution in [0, 0.1) is 5.41 Å². The van der Waals surface area contributed by atoms with Crippen molar-refractivity contribution in [2.75, 3.05) is 6.61 Å². The highest BCUT2D eigenvalue weighted by Crippen LogP contribution is 2.30. The maximum absolute atomic E-state index is 11.8. The van der Waals surface area contributed by atoms with Gasteiger partial charge in [0.15, 0.2) is 5.41 Å². The summed E-state index contributed by atoms with van der Waals surface area (Å²) in [5.41, 5.74) is -1.06. The molecule has 0 amide bonds. The molecule has 0 spiro atoms. The van der Waals surface area contributed by atoms with Gasteiger partial charge in [-0.05, 0) is 31.5 Å². The Balaban J connectivity index is 3.08. The Morgan fingerprint density at radius 3 is 2.58 bits per heavy atom. The van der Waals surface area contributed by atoms with Crippen molar-refractivity contribution in [1.82, 2.24) is 0 Å². The summed E-state index contributed by atoms with van der Waals surface area (Å²) in [6.45, 7) is 3.11. The van der Waals surface area contributed by atoms with Crippen molar-refractivity contribution in [2.45, 2.75) is 20.3 Å². The van der Waals surface area contributed by atoms with E-state index in [0.29, 0.717) is 10.6 Å². The van der Waals surface area contributed by atoms with Crippen LogP contribution in [0.1, 0.15) is 19.4 Å². The number of hydrogen-bond acceptors (Lipinski definition) is 3. The summed E-state index contributed by atoms with van der Waals surface area (Å²) in [5, 5.41) is 9.69. The second kappa shape index (κ2) is 6.39. The van der Waals surface area contributed by atoms with Gasteiger partial charge in [0.2, 0.25) is 0 Å². The lowest BCUT2D eigenvalue weighted by atomic mass is 9.83. The Morgan fingerprint density at radius 1 is 1.47 bits per heavy atom. The Kier molecular flexibility index (Phi) is 5.38. The molecule has 1 atom stereocenters. The topological polar surface area (TPSA) is 63.6 Å². The molecule has 0 saturated heterocycles. The number of carbonyl (C=O) groups is 2. The monoisotopic (exact) mass is 348 g/mol. The number of benzene rings is 1. The van der Waals surface area contributed by atoms with Crippen LogP contribution in [0.2, 0.25) is 5.02 Å². The average Bonchev–Trinajstić information content (AvgIpc) is 2.32. The molecule has 0 aromatic heterocycles. The molecule has 1 aromatic rings. The third-order valence-corrected chi connectivity index (χ3v) is 3.60. The summed E-state index contributed by atoms with van der Waals surface area (Å²) in [4.78, 5) is 23.2. The fourth-order valence-electron chi connectivity index (χ4n) is 1.57. The molecule has 1 aromatic carbocycles. The largest absolute Gasteiger partial charge is 0.480 e. The summed E-state index contributed by atoms with van der Waals surface area (Å²) in [7, 11) is 0. The van der Waals surface area contributed by atoms with Gasteiger partial charge in [0.05, 0.1) is 6.61 Å². The van der Waals surface area contributed by atoms with E-state index in [1.807, 2.05) is 0 Å². The van der Waals surface area contributed by atoms with Crippen LogP contribution < -0.4 is 0 Å². The van der Waals surface area contributed by atoms with E-state index in [0.717, 1.165) is 4.47 Å². The zero-order valence-corrected chi connectivity index (χ0v) is 12.9. The molecule has 1 rings (SSSR count). The second-order valence-corrected chi connectivity index (χ2v) is 5.59. The van der Waals surface area contributed by atoms with Gasteiger partial charge in [-0.3, -0.25) is 9.59 Å². The molecular weight excluding hydrogens is 335 g/mol. The van der Waals surface area contributed by atoms with E-state index in [-0.39, 0.29) is 13.0 Å². The molecule has 19 heavy (non-hydrogen) atoms. The molecule has 0 aliphatic carbocycles. The molecule has 0 bridgehead atoms. The molecule has 1 N–H and O–H groups in total. The maximum Gasteiger partial charge on any atom is 0.323 e. The van der Waals surface area contributed by atoms with Crippen LogP contribution in [-0.4, -0.2) is 23.7 Å². The first-order valence-corrected chi connectivity index (χ1v) is 6.83. The van der Waals surface area contributed by atoms with Crippen molar-refractivity contribution in [2.24, 2.45) is 5.41 Å². The molecule has 6 heteroatoms. The van der Waals surface area contributed by atoms with E-state index in [9.17, 15) is 14.7 Å². The van der Waals surface area contributed by atoms with Gasteiger partial charge < -0.3 is 9.84 Å². The van der Waals surface area contributed by atoms with Gasteiger partial charge in [-0.2, -0.15) is 0 Å². The third-order valence-electron chi connectivity index (χ3n) is 2.76. The van der Waals surface area contributed by atoms with Crippen molar-refractivity contribution in [1.29, 1.82) is 0 Å². The Hall–Kier alpha value is -1.07. The van der Waals surface area contributed by atoms with Crippen LogP contribution in [0.25, 0.3) is 0 Å². The number of ether oxygens (including phenoxy) is 1. The van der Waals surface area contributed by atoms with Crippen molar-refractivity contribution >= 4 is 39.5 Å². The summed E-state index contributed by atoms with van der Waals surface area (Å²) >= 11 is 9.31. The SMILES string of the molecule is CCOC(=O)C(C)(Cc1ccc(Br)cc1Cl)C(=O)O. The van der Waals surface area contributed by atoms with Crippen LogP contribution in [0.3, 0.4) is 0 Å². The lowest BCUT2D eigenvalue weighted by Crippen LogP contribution is -2.40. The van der Waals surface area contributed by atoms with Crippen LogP contribution in [0.5, 0.6) is 0 Å². The molecule has 104 valence electrons. The number of carboxylic acid groups (broad SMARTS) is 1. The first-order valence-electron chi connectivity index (χ1n) is 5.65. The number of aliphatic carboxylic acids is 1. The van der Waals surface area contributed by atoms with Gasteiger partial charge in [0.25, 0.3) is 0 Å². The van der Waals surface area contributed by atoms with Gasteiger partial charge in [0, 0.05) is 15.9 Å². The summed E-state index contributed by atoms with van der Waals surface area (Å²) in [6, 6.07) is 5.09. The minimum absolute atomic E-state index is 0.0206. The highest BCUT2D eigenvalue weighted by atomic mass is 79.9. The van der Waals surface area contributed by atoms with E-state index < -0.39 is 17.4 Å². The number of halogens is 2. The molecule has 0 aliphatic rings. The highest BCUT2D eigenvalue weighted by Gasteiger charge is 2.43. The smallest absolute Gasteiger partial charge is 0.323 e. The van der Waals surface area contributed by atoms with Crippen LogP contribution in [-0.2, 0) is 20.7 Å². The highest BCUT2D eigenvalue weighted by molar-refractivity contribution is 9.10. The van der Waals surface area contributed by atoms with Crippen molar-refractivity contribution in [3.63, 3.8) is 0 Å². The van der Waals surface area contributed by atoms with E-state index in [2.05, 4.69) is 15.9 Å². The Morgan fingerprint density at radius 2 is 2.11 bits per heavy atom. The standard InChI is InChI=1S/C13H14BrClO4/c1-3-19-12(18)13(2,11(16)17)7-8-4-5-9(14)6-10(8)15/h4-6H,3,7H2,1-2H3,(H,16,17). The van der Waals surface area contributed by atoms with E-state index in [1.165, 1.54) is 6.92 Å². The Labute approximate surface area is 124 Å². The molecular formula is C13H14BrClO4. The zero-order chi connectivity index (χ0) is 14.6. The second-order valence-electron chi connectivity index (χ2n) is 4.27. The summed E-state index contributed by atoms with van der Waals surface area (Å²) in [6.07, 6.45) is -0.0206. The van der Waals surface area contributed by atoms with Crippen LogP contribution in [0.4, 0.5) is 0 Å². The zero-order valence-electron chi connectivity index (χ0n) is 10.6. The number of hydrogen-bond donors (Lipinski definition) is 1. The average molecular weight is 350 g/mol. The maximum atomic E-state index is 11.8. The fraction of sp³-hybridized carbons (Fsp3) is 0.385.